The van der Waals surface area contributed by atoms with Crippen molar-refractivity contribution in [2.75, 3.05) is 59.4 Å². The van der Waals surface area contributed by atoms with Crippen molar-refractivity contribution in [2.45, 2.75) is 175 Å². The van der Waals surface area contributed by atoms with E-state index in [1.54, 1.807) is 11.8 Å². The molecule has 1 spiro atoms. The number of nitrogens with zero attached hydrogens (tertiary/aromatic N) is 4. The van der Waals surface area contributed by atoms with E-state index in [1.807, 2.05) is 20.9 Å². The van der Waals surface area contributed by atoms with Crippen molar-refractivity contribution in [2.24, 2.45) is 11.3 Å². The molecule has 74 heavy (non-hydrogen) atoms. The maximum absolute atomic E-state index is 13.6. The smallest absolute Gasteiger partial charge is 0.276 e. The molecule has 1 aromatic heterocycles. The number of carbonyl (C=O) groups is 10. The lowest BCUT2D eigenvalue weighted by atomic mass is 9.73. The van der Waals surface area contributed by atoms with E-state index in [2.05, 4.69) is 59.3 Å². The number of unbranched alkanes of at least 4 members (excludes halogenated alkanes) is 5. The van der Waals surface area contributed by atoms with Gasteiger partial charge in [0, 0.05) is 58.0 Å². The Hall–Kier alpha value is -6.13. The summed E-state index contributed by atoms with van der Waals surface area (Å²) in [5, 5.41) is 21.1. The molecule has 3 aliphatic heterocycles. The van der Waals surface area contributed by atoms with Gasteiger partial charge in [0.15, 0.2) is 11.6 Å². The van der Waals surface area contributed by atoms with Gasteiger partial charge in [-0.15, -0.1) is 0 Å². The van der Waals surface area contributed by atoms with Crippen molar-refractivity contribution >= 4 is 59.1 Å². The Kier molecular flexibility index (Phi) is 21.5. The van der Waals surface area contributed by atoms with Crippen LogP contribution in [0, 0.1) is 18.3 Å². The van der Waals surface area contributed by atoms with Crippen LogP contribution in [0.4, 0.5) is 0 Å². The van der Waals surface area contributed by atoms with Crippen LogP contribution in [0.25, 0.3) is 0 Å². The highest BCUT2D eigenvalue weighted by Gasteiger charge is 2.51. The van der Waals surface area contributed by atoms with Crippen molar-refractivity contribution in [1.29, 1.82) is 0 Å². The highest BCUT2D eigenvalue weighted by Crippen LogP contribution is 2.38. The Labute approximate surface area is 435 Å². The topological polar surface area (TPSA) is 303 Å². The zero-order valence-corrected chi connectivity index (χ0v) is 45.6. The average Bonchev–Trinajstić information content (AvgIpc) is 3.97. The summed E-state index contributed by atoms with van der Waals surface area (Å²) in [6, 6.07) is -2.96. The molecular weight excluding hydrogens is 957 g/mol. The normalized spacial score (nSPS) is 17.3. The van der Waals surface area contributed by atoms with E-state index >= 15 is 0 Å². The van der Waals surface area contributed by atoms with E-state index in [9.17, 15) is 47.9 Å². The lowest BCUT2D eigenvalue weighted by Crippen LogP contribution is -2.72. The second-order valence-corrected chi connectivity index (χ2v) is 22.5. The number of nitrogens with one attached hydrogen (secondary N) is 8. The molecule has 10 amide bonds. The molecule has 23 nitrogen and oxygen atoms in total. The molecule has 0 aliphatic carbocycles. The van der Waals surface area contributed by atoms with Gasteiger partial charge < -0.3 is 61.7 Å². The standard InChI is InChI=1S/C51H84N12O11/c1-12-13-14-15-16-17-19-34(57-43(69)37-20-18-23-63(37)44(70)36-27-74-33(4)55-36)41(67)53-26-39(65)58-48(5,6)46(72)54-25-38(64)56-35(24-32(2)3)42(68)59-50(9,10)47(73)60-49(7,8)45(71)52-22-21-40(66)62-30-51(31-62)28-61(11)29-51/h27,32,34-35,37H,12-26,28-31H2,1-11H3,(H,52,71)(H,53,67)(H,54,72)(H,56,64)(H,57,69)(H,58,65)(H,59,68)(H,60,73). The van der Waals surface area contributed by atoms with Gasteiger partial charge in [0.05, 0.1) is 13.1 Å². The highest BCUT2D eigenvalue weighted by molar-refractivity contribution is 6.00. The van der Waals surface area contributed by atoms with Gasteiger partial charge in [-0.1, -0.05) is 59.3 Å². The second kappa shape index (κ2) is 26.4. The molecule has 3 saturated heterocycles. The molecule has 0 radical (unpaired) electrons. The van der Waals surface area contributed by atoms with E-state index in [0.717, 1.165) is 45.2 Å². The van der Waals surface area contributed by atoms with E-state index in [4.69, 9.17) is 4.42 Å². The molecule has 4 heterocycles. The number of oxazole rings is 1. The van der Waals surface area contributed by atoms with E-state index in [-0.39, 0.29) is 42.3 Å². The van der Waals surface area contributed by atoms with Gasteiger partial charge >= 0.3 is 0 Å². The molecule has 0 bridgehead atoms. The average molecular weight is 1040 g/mol. The van der Waals surface area contributed by atoms with Crippen LogP contribution in [0.5, 0.6) is 0 Å². The van der Waals surface area contributed by atoms with Gasteiger partial charge in [-0.3, -0.25) is 47.9 Å². The minimum atomic E-state index is -1.58. The molecule has 23 heteroatoms. The molecule has 3 atom stereocenters. The number of carbonyl (C=O) groups excluding carboxylic acids is 10. The van der Waals surface area contributed by atoms with Crippen LogP contribution in [-0.2, 0) is 43.2 Å². The minimum absolute atomic E-state index is 0.0486. The van der Waals surface area contributed by atoms with Crippen molar-refractivity contribution in [3.05, 3.63) is 17.8 Å². The van der Waals surface area contributed by atoms with Crippen LogP contribution in [-0.4, -0.2) is 173 Å². The van der Waals surface area contributed by atoms with Crippen LogP contribution < -0.4 is 42.5 Å². The summed E-state index contributed by atoms with van der Waals surface area (Å²) in [4.78, 5) is 143. The first kappa shape index (κ1) is 60.4. The molecule has 0 saturated carbocycles. The third kappa shape index (κ3) is 17.5. The first-order chi connectivity index (χ1) is 34.6. The highest BCUT2D eigenvalue weighted by atomic mass is 16.3. The third-order valence-electron chi connectivity index (χ3n) is 13.6. The van der Waals surface area contributed by atoms with Gasteiger partial charge in [0.1, 0.15) is 41.0 Å². The van der Waals surface area contributed by atoms with E-state index < -0.39 is 101 Å². The summed E-state index contributed by atoms with van der Waals surface area (Å²) >= 11 is 0. The number of hydrogen-bond donors (Lipinski definition) is 8. The van der Waals surface area contributed by atoms with Gasteiger partial charge in [-0.05, 0) is 80.2 Å². The van der Waals surface area contributed by atoms with Crippen LogP contribution in [0.3, 0.4) is 0 Å². The molecule has 3 fully saturated rings. The number of hydrogen-bond acceptors (Lipinski definition) is 13. The van der Waals surface area contributed by atoms with Crippen molar-refractivity contribution < 1.29 is 52.4 Å². The number of likely N-dealkylation sites (tertiary alicyclic amines) is 3. The zero-order chi connectivity index (χ0) is 55.2. The number of rotatable bonds is 28. The first-order valence-electron chi connectivity index (χ1n) is 26.2. The fraction of sp³-hybridized carbons (Fsp3) is 0.745. The number of aryl methyl sites for hydroxylation is 1. The van der Waals surface area contributed by atoms with Crippen molar-refractivity contribution in [1.82, 2.24) is 62.2 Å². The SMILES string of the molecule is CCCCCCCCC(NC(=O)C1CCCN1C(=O)c1coc(C)n1)C(=O)NCC(=O)NC(C)(C)C(=O)NCC(=O)NC(CC(C)C)C(=O)NC(C)(C)C(=O)NC(C)(C)C(=O)NCCC(=O)N1CC2(CN(C)C2)C1. The number of aromatic nitrogens is 1. The van der Waals surface area contributed by atoms with Crippen molar-refractivity contribution in [3.8, 4) is 0 Å². The van der Waals surface area contributed by atoms with Gasteiger partial charge in [-0.2, -0.15) is 0 Å². The maximum Gasteiger partial charge on any atom is 0.276 e. The predicted molar refractivity (Wildman–Crippen MR) is 273 cm³/mol. The molecule has 1 aromatic rings. The Bertz CT molecular complexity index is 2190. The van der Waals surface area contributed by atoms with E-state index in [1.165, 1.54) is 52.7 Å². The minimum Gasteiger partial charge on any atom is -0.448 e. The Balaban J connectivity index is 1.24. The lowest BCUT2D eigenvalue weighted by molar-refractivity contribution is -0.156. The maximum atomic E-state index is 13.6. The molecule has 4 rings (SSSR count). The molecular formula is C51H84N12O11. The summed E-state index contributed by atoms with van der Waals surface area (Å²) in [5.41, 5.74) is -4.26. The quantitative estimate of drug-likeness (QED) is 0.0533. The van der Waals surface area contributed by atoms with E-state index in [0.29, 0.717) is 51.2 Å². The fourth-order valence-electron chi connectivity index (χ4n) is 9.48. The lowest BCUT2D eigenvalue weighted by Gasteiger charge is -2.59. The summed E-state index contributed by atoms with van der Waals surface area (Å²) < 4.78 is 5.19. The van der Waals surface area contributed by atoms with Crippen molar-refractivity contribution in [3.63, 3.8) is 0 Å². The molecule has 8 N–H and O–H groups in total. The summed E-state index contributed by atoms with van der Waals surface area (Å²) in [7, 11) is 2.04. The van der Waals surface area contributed by atoms with Crippen LogP contribution in [0.2, 0.25) is 0 Å². The summed E-state index contributed by atoms with van der Waals surface area (Å²) in [6.07, 6.45) is 8.41. The monoisotopic (exact) mass is 1040 g/mol. The summed E-state index contributed by atoms with van der Waals surface area (Å²) in [5.74, 6) is -5.47. The third-order valence-corrected chi connectivity index (χ3v) is 13.6. The van der Waals surface area contributed by atoms with Crippen LogP contribution >= 0.6 is 0 Å². The van der Waals surface area contributed by atoms with Gasteiger partial charge in [0.25, 0.3) is 5.91 Å². The van der Waals surface area contributed by atoms with Gasteiger partial charge in [0.2, 0.25) is 53.2 Å². The van der Waals surface area contributed by atoms with Gasteiger partial charge in [-0.25, -0.2) is 4.98 Å². The molecule has 3 aliphatic rings. The molecule has 3 unspecified atom stereocenters. The number of amides is 10. The predicted octanol–water partition coefficient (Wildman–Crippen LogP) is 0.551. The fourth-order valence-corrected chi connectivity index (χ4v) is 9.48. The van der Waals surface area contributed by atoms with Crippen LogP contribution in [0.1, 0.15) is 149 Å². The Morgan fingerprint density at radius 1 is 0.730 bits per heavy atom. The molecule has 0 aromatic carbocycles. The second-order valence-electron chi connectivity index (χ2n) is 22.5. The zero-order valence-electron chi connectivity index (χ0n) is 45.6. The first-order valence-corrected chi connectivity index (χ1v) is 26.2. The largest absolute Gasteiger partial charge is 0.448 e. The van der Waals surface area contributed by atoms with Crippen LogP contribution in [0.15, 0.2) is 10.7 Å². The summed E-state index contributed by atoms with van der Waals surface area (Å²) in [6.45, 7) is 18.8. The molecule has 414 valence electrons. The Morgan fingerprint density at radius 2 is 1.34 bits per heavy atom. The Morgan fingerprint density at radius 3 is 1.96 bits per heavy atom.